The molecule has 0 aliphatic carbocycles. The van der Waals surface area contributed by atoms with Gasteiger partial charge in [-0.15, -0.1) is 16.4 Å². The van der Waals surface area contributed by atoms with Crippen molar-refractivity contribution in [1.29, 1.82) is 0 Å². The summed E-state index contributed by atoms with van der Waals surface area (Å²) in [6, 6.07) is 6.25. The van der Waals surface area contributed by atoms with E-state index in [2.05, 4.69) is 15.4 Å². The molecule has 0 aliphatic heterocycles. The lowest BCUT2D eigenvalue weighted by molar-refractivity contribution is -0.122. The van der Waals surface area contributed by atoms with Gasteiger partial charge >= 0.3 is 0 Å². The summed E-state index contributed by atoms with van der Waals surface area (Å²) < 4.78 is 15.1. The highest BCUT2D eigenvalue weighted by Crippen LogP contribution is 2.22. The van der Waals surface area contributed by atoms with Crippen molar-refractivity contribution in [3.63, 3.8) is 0 Å². The first kappa shape index (κ1) is 17.5. The predicted molar refractivity (Wildman–Crippen MR) is 97.0 cm³/mol. The topological polar surface area (TPSA) is 59.3 Å². The second kappa shape index (κ2) is 6.92. The standard InChI is InChI=1S/C18H21FN4OS/c1-18(2,3)10-15(24)20-8-7-14-11-25-17-21-16(22-23(14)17)12-5-4-6-13(19)9-12/h4-6,9,11H,7-8,10H2,1-3H3,(H,20,24). The van der Waals surface area contributed by atoms with Gasteiger partial charge in [0.25, 0.3) is 0 Å². The number of aromatic nitrogens is 3. The molecule has 3 rings (SSSR count). The molecule has 7 heteroatoms. The van der Waals surface area contributed by atoms with E-state index in [1.165, 1.54) is 23.5 Å². The summed E-state index contributed by atoms with van der Waals surface area (Å²) in [4.78, 5) is 17.1. The summed E-state index contributed by atoms with van der Waals surface area (Å²) in [5, 5.41) is 9.41. The molecular formula is C18H21FN4OS. The number of nitrogens with zero attached hydrogens (tertiary/aromatic N) is 3. The zero-order chi connectivity index (χ0) is 18.0. The van der Waals surface area contributed by atoms with Gasteiger partial charge in [-0.2, -0.15) is 4.98 Å². The van der Waals surface area contributed by atoms with Crippen molar-refractivity contribution < 1.29 is 9.18 Å². The van der Waals surface area contributed by atoms with Gasteiger partial charge in [-0.05, 0) is 17.5 Å². The van der Waals surface area contributed by atoms with E-state index in [1.807, 2.05) is 26.2 Å². The number of halogens is 1. The summed E-state index contributed by atoms with van der Waals surface area (Å²) in [5.74, 6) is 0.250. The van der Waals surface area contributed by atoms with E-state index in [0.29, 0.717) is 30.8 Å². The van der Waals surface area contributed by atoms with Crippen molar-refractivity contribution >= 4 is 22.2 Å². The fraction of sp³-hybridized carbons (Fsp3) is 0.389. The Kier molecular flexibility index (Phi) is 4.85. The molecule has 0 fully saturated rings. The number of nitrogens with one attached hydrogen (secondary N) is 1. The largest absolute Gasteiger partial charge is 0.356 e. The van der Waals surface area contributed by atoms with Gasteiger partial charge in [0.05, 0.1) is 5.69 Å². The van der Waals surface area contributed by atoms with Gasteiger partial charge < -0.3 is 5.32 Å². The molecule has 0 saturated heterocycles. The summed E-state index contributed by atoms with van der Waals surface area (Å²) in [6.07, 6.45) is 1.17. The van der Waals surface area contributed by atoms with Crippen LogP contribution < -0.4 is 5.32 Å². The smallest absolute Gasteiger partial charge is 0.220 e. The van der Waals surface area contributed by atoms with Crippen LogP contribution in [0.3, 0.4) is 0 Å². The minimum atomic E-state index is -0.308. The maximum Gasteiger partial charge on any atom is 0.220 e. The zero-order valence-corrected chi connectivity index (χ0v) is 15.4. The van der Waals surface area contributed by atoms with Crippen molar-refractivity contribution in [2.45, 2.75) is 33.6 Å². The van der Waals surface area contributed by atoms with Gasteiger partial charge in [-0.25, -0.2) is 8.91 Å². The van der Waals surface area contributed by atoms with Gasteiger partial charge in [-0.3, -0.25) is 4.79 Å². The van der Waals surface area contributed by atoms with Crippen molar-refractivity contribution in [2.24, 2.45) is 5.41 Å². The molecule has 0 saturated carbocycles. The predicted octanol–water partition coefficient (Wildman–Crippen LogP) is 3.69. The first-order chi connectivity index (χ1) is 11.8. The van der Waals surface area contributed by atoms with Crippen LogP contribution in [0.2, 0.25) is 0 Å². The van der Waals surface area contributed by atoms with Gasteiger partial charge in [0.15, 0.2) is 5.82 Å². The molecule has 0 spiro atoms. The third kappa shape index (κ3) is 4.42. The van der Waals surface area contributed by atoms with E-state index >= 15 is 0 Å². The zero-order valence-electron chi connectivity index (χ0n) is 14.5. The Labute approximate surface area is 149 Å². The van der Waals surface area contributed by atoms with Crippen LogP contribution in [0.5, 0.6) is 0 Å². The quantitative estimate of drug-likeness (QED) is 0.755. The van der Waals surface area contributed by atoms with Gasteiger partial charge in [0.1, 0.15) is 5.82 Å². The summed E-state index contributed by atoms with van der Waals surface area (Å²) >= 11 is 1.49. The normalized spacial score (nSPS) is 11.8. The molecule has 5 nitrogen and oxygen atoms in total. The number of fused-ring (bicyclic) bond motifs is 1. The molecule has 3 aromatic rings. The van der Waals surface area contributed by atoms with Crippen LogP contribution in [-0.2, 0) is 11.2 Å². The van der Waals surface area contributed by atoms with Crippen LogP contribution in [-0.4, -0.2) is 27.0 Å². The molecule has 2 aromatic heterocycles. The van der Waals surface area contributed by atoms with Crippen LogP contribution in [0.1, 0.15) is 32.9 Å². The van der Waals surface area contributed by atoms with Crippen LogP contribution in [0.25, 0.3) is 16.3 Å². The minimum absolute atomic E-state index is 0.0223. The van der Waals surface area contributed by atoms with Crippen molar-refractivity contribution in [3.8, 4) is 11.4 Å². The number of hydrogen-bond donors (Lipinski definition) is 1. The second-order valence-corrected chi connectivity index (χ2v) is 8.04. The van der Waals surface area contributed by atoms with Crippen LogP contribution in [0.4, 0.5) is 4.39 Å². The average molecular weight is 360 g/mol. The average Bonchev–Trinajstić information content (AvgIpc) is 3.07. The Morgan fingerprint density at radius 1 is 1.36 bits per heavy atom. The number of hydrogen-bond acceptors (Lipinski definition) is 4. The Bertz CT molecular complexity index is 894. The highest BCUT2D eigenvalue weighted by Gasteiger charge is 2.16. The van der Waals surface area contributed by atoms with Crippen molar-refractivity contribution in [3.05, 3.63) is 41.2 Å². The molecular weight excluding hydrogens is 339 g/mol. The van der Waals surface area contributed by atoms with Crippen LogP contribution in [0, 0.1) is 11.2 Å². The number of carbonyl (C=O) groups excluding carboxylic acids is 1. The SMILES string of the molecule is CC(C)(C)CC(=O)NCCc1csc2nc(-c3cccc(F)c3)nn12. The van der Waals surface area contributed by atoms with E-state index in [4.69, 9.17) is 0 Å². The van der Waals surface area contributed by atoms with E-state index in [0.717, 1.165) is 10.7 Å². The molecule has 25 heavy (non-hydrogen) atoms. The fourth-order valence-corrected chi connectivity index (χ4v) is 3.38. The summed E-state index contributed by atoms with van der Waals surface area (Å²) in [7, 11) is 0. The van der Waals surface area contributed by atoms with Crippen molar-refractivity contribution in [1.82, 2.24) is 19.9 Å². The molecule has 2 heterocycles. The van der Waals surface area contributed by atoms with E-state index < -0.39 is 0 Å². The lowest BCUT2D eigenvalue weighted by Crippen LogP contribution is -2.29. The van der Waals surface area contributed by atoms with Gasteiger partial charge in [-0.1, -0.05) is 32.9 Å². The molecule has 0 radical (unpaired) electrons. The molecule has 0 bridgehead atoms. The van der Waals surface area contributed by atoms with Crippen LogP contribution >= 0.6 is 11.3 Å². The lowest BCUT2D eigenvalue weighted by Gasteiger charge is -2.17. The number of carbonyl (C=O) groups is 1. The first-order valence-corrected chi connectivity index (χ1v) is 9.05. The fourth-order valence-electron chi connectivity index (χ4n) is 2.52. The van der Waals surface area contributed by atoms with Gasteiger partial charge in [0.2, 0.25) is 10.9 Å². The van der Waals surface area contributed by atoms with Crippen LogP contribution in [0.15, 0.2) is 29.6 Å². The molecule has 1 aromatic carbocycles. The highest BCUT2D eigenvalue weighted by molar-refractivity contribution is 7.15. The molecule has 0 unspecified atom stereocenters. The van der Waals surface area contributed by atoms with E-state index in [1.54, 1.807) is 16.6 Å². The van der Waals surface area contributed by atoms with E-state index in [-0.39, 0.29) is 17.1 Å². The highest BCUT2D eigenvalue weighted by atomic mass is 32.1. The Hall–Kier alpha value is -2.28. The first-order valence-electron chi connectivity index (χ1n) is 8.18. The monoisotopic (exact) mass is 360 g/mol. The molecule has 0 atom stereocenters. The second-order valence-electron chi connectivity index (χ2n) is 7.20. The molecule has 0 aliphatic rings. The summed E-state index contributed by atoms with van der Waals surface area (Å²) in [5.41, 5.74) is 1.61. The molecule has 1 N–H and O–H groups in total. The number of benzene rings is 1. The Morgan fingerprint density at radius 2 is 2.16 bits per heavy atom. The lowest BCUT2D eigenvalue weighted by atomic mass is 9.92. The minimum Gasteiger partial charge on any atom is -0.356 e. The Morgan fingerprint density at radius 3 is 2.88 bits per heavy atom. The number of rotatable bonds is 5. The van der Waals surface area contributed by atoms with Crippen molar-refractivity contribution in [2.75, 3.05) is 6.54 Å². The number of thiazole rings is 1. The maximum atomic E-state index is 13.4. The third-order valence-corrected chi connectivity index (χ3v) is 4.49. The third-order valence-electron chi connectivity index (χ3n) is 3.63. The maximum absolute atomic E-state index is 13.4. The molecule has 1 amide bonds. The summed E-state index contributed by atoms with van der Waals surface area (Å²) in [6.45, 7) is 6.67. The van der Waals surface area contributed by atoms with E-state index in [9.17, 15) is 9.18 Å². The number of amides is 1. The molecule has 132 valence electrons. The Balaban J connectivity index is 1.68. The van der Waals surface area contributed by atoms with Gasteiger partial charge in [0, 0.05) is 30.3 Å².